The molecule has 1 N–H and O–H groups in total. The standard InChI is InChI=1S/C44H47ClF10N8O7S2/c1-23-16-30-37(44(53,54)55)58-61(38(30)43(23,51)52)21-33(64)57-32(19-24-17-25(46)20-26(47)18-24)35-28(9-8-27(56-35)12-13-41(2,3)71(6,66)67)29-10-11-31(45)34-36(29)62(22-42(48,49)50)59-39(34)63(72(7,68)69)40(65)70-15-14-60(4)5/h8-11,17-18,20,23,32H,12-16,19,21-22H2,1-7H3,(H,57,64)/t23-,32+/m1/s1. The average Bonchev–Trinajstić information content (AvgIpc) is 3.83. The summed E-state index contributed by atoms with van der Waals surface area (Å²) in [5.41, 5.74) is -5.34. The first-order valence-corrected chi connectivity index (χ1v) is 25.7. The molecular formula is C44H47ClF10N8O7S2. The third-order valence-electron chi connectivity index (χ3n) is 12.0. The fourth-order valence-corrected chi connectivity index (χ4v) is 9.53. The lowest BCUT2D eigenvalue weighted by molar-refractivity contribution is -0.143. The van der Waals surface area contributed by atoms with Crippen LogP contribution in [0, 0.1) is 17.6 Å². The van der Waals surface area contributed by atoms with Crippen molar-refractivity contribution in [2.24, 2.45) is 5.92 Å². The Morgan fingerprint density at radius 3 is 2.14 bits per heavy atom. The van der Waals surface area contributed by atoms with Crippen LogP contribution in [-0.4, -0.2) is 109 Å². The number of carbonyl (C=O) groups excluding carboxylic acids is 2. The van der Waals surface area contributed by atoms with Crippen LogP contribution in [0.1, 0.15) is 67.1 Å². The lowest BCUT2D eigenvalue weighted by Crippen LogP contribution is -2.38. The first kappa shape index (κ1) is 55.8. The fourth-order valence-electron chi connectivity index (χ4n) is 8.05. The number of fused-ring (bicyclic) bond motifs is 2. The molecule has 394 valence electrons. The molecule has 0 saturated carbocycles. The highest BCUT2D eigenvalue weighted by molar-refractivity contribution is 7.92. The molecule has 5 aromatic rings. The van der Waals surface area contributed by atoms with Crippen molar-refractivity contribution in [2.75, 3.05) is 44.1 Å². The molecule has 0 radical (unpaired) electrons. The van der Waals surface area contributed by atoms with E-state index in [0.717, 1.165) is 37.4 Å². The molecule has 1 aliphatic rings. The Balaban J connectivity index is 1.62. The minimum Gasteiger partial charge on any atom is -0.447 e. The topological polar surface area (TPSA) is 179 Å². The second-order valence-electron chi connectivity index (χ2n) is 18.3. The number of pyridine rings is 1. The van der Waals surface area contributed by atoms with E-state index in [9.17, 15) is 61.5 Å². The quantitative estimate of drug-likeness (QED) is 0.0885. The van der Waals surface area contributed by atoms with Gasteiger partial charge in [-0.2, -0.15) is 49.6 Å². The van der Waals surface area contributed by atoms with Gasteiger partial charge in [0.25, 0.3) is 5.92 Å². The van der Waals surface area contributed by atoms with Crippen LogP contribution in [-0.2, 0) is 73.8 Å². The molecule has 0 unspecified atom stereocenters. The van der Waals surface area contributed by atoms with Gasteiger partial charge in [0.15, 0.2) is 21.3 Å². The number of hydrogen-bond acceptors (Lipinski definition) is 11. The van der Waals surface area contributed by atoms with Gasteiger partial charge in [-0.1, -0.05) is 30.7 Å². The molecule has 1 aliphatic carbocycles. The molecule has 3 heterocycles. The molecule has 6 rings (SSSR count). The summed E-state index contributed by atoms with van der Waals surface area (Å²) < 4.78 is 203. The Morgan fingerprint density at radius 2 is 1.57 bits per heavy atom. The Hall–Kier alpha value is -5.54. The van der Waals surface area contributed by atoms with Crippen molar-refractivity contribution in [1.82, 2.24) is 34.8 Å². The highest BCUT2D eigenvalue weighted by atomic mass is 35.5. The van der Waals surface area contributed by atoms with E-state index in [1.54, 1.807) is 19.0 Å². The second-order valence-corrected chi connectivity index (χ2v) is 23.2. The molecule has 0 aliphatic heterocycles. The van der Waals surface area contributed by atoms with Crippen LogP contribution in [0.15, 0.2) is 42.5 Å². The van der Waals surface area contributed by atoms with Gasteiger partial charge >= 0.3 is 18.4 Å². The highest BCUT2D eigenvalue weighted by Crippen LogP contribution is 2.50. The number of aromatic nitrogens is 5. The number of nitrogens with zero attached hydrogens (tertiary/aromatic N) is 7. The smallest absolute Gasteiger partial charge is 0.435 e. The van der Waals surface area contributed by atoms with E-state index in [1.165, 1.54) is 26.0 Å². The Bertz CT molecular complexity index is 3120. The lowest BCUT2D eigenvalue weighted by Gasteiger charge is -2.25. The zero-order chi connectivity index (χ0) is 53.8. The number of amides is 2. The molecule has 0 bridgehead atoms. The first-order chi connectivity index (χ1) is 33.0. The zero-order valence-corrected chi connectivity index (χ0v) is 41.7. The molecular weight excluding hydrogens is 1040 g/mol. The van der Waals surface area contributed by atoms with Crippen LogP contribution in [0.5, 0.6) is 0 Å². The fraction of sp³-hybridized carbons (Fsp3) is 0.477. The van der Waals surface area contributed by atoms with Gasteiger partial charge in [0.05, 0.1) is 38.7 Å². The average molecular weight is 1090 g/mol. The van der Waals surface area contributed by atoms with Crippen molar-refractivity contribution in [3.8, 4) is 11.1 Å². The van der Waals surface area contributed by atoms with Gasteiger partial charge in [-0.15, -0.1) is 0 Å². The van der Waals surface area contributed by atoms with E-state index in [0.29, 0.717) is 12.3 Å². The number of aryl methyl sites for hydroxylation is 1. The van der Waals surface area contributed by atoms with Crippen molar-refractivity contribution in [3.63, 3.8) is 0 Å². The summed E-state index contributed by atoms with van der Waals surface area (Å²) in [7, 11) is -5.31. The Kier molecular flexibility index (Phi) is 15.5. The van der Waals surface area contributed by atoms with Crippen LogP contribution in [0.4, 0.5) is 54.5 Å². The number of carbonyl (C=O) groups is 2. The molecule has 2 amide bonds. The summed E-state index contributed by atoms with van der Waals surface area (Å²) in [4.78, 5) is 34.0. The predicted molar refractivity (Wildman–Crippen MR) is 243 cm³/mol. The van der Waals surface area contributed by atoms with Gasteiger partial charge in [0.1, 0.15) is 37.0 Å². The predicted octanol–water partition coefficient (Wildman–Crippen LogP) is 8.41. The van der Waals surface area contributed by atoms with Crippen molar-refractivity contribution in [2.45, 2.75) is 88.6 Å². The first-order valence-electron chi connectivity index (χ1n) is 21.6. The van der Waals surface area contributed by atoms with Gasteiger partial charge in [-0.25, -0.2) is 30.4 Å². The largest absolute Gasteiger partial charge is 0.447 e. The summed E-state index contributed by atoms with van der Waals surface area (Å²) in [5, 5.41) is 8.75. The summed E-state index contributed by atoms with van der Waals surface area (Å²) in [5.74, 6) is -10.0. The molecule has 3 aromatic heterocycles. The van der Waals surface area contributed by atoms with Crippen LogP contribution < -0.4 is 9.62 Å². The van der Waals surface area contributed by atoms with E-state index in [-0.39, 0.29) is 61.1 Å². The van der Waals surface area contributed by atoms with Gasteiger partial charge < -0.3 is 15.0 Å². The Labute approximate surface area is 411 Å². The van der Waals surface area contributed by atoms with Gasteiger partial charge in [-0.3, -0.25) is 19.1 Å². The molecule has 0 fully saturated rings. The van der Waals surface area contributed by atoms with Crippen molar-refractivity contribution >= 4 is 60.2 Å². The number of ether oxygens (including phenoxy) is 1. The van der Waals surface area contributed by atoms with Crippen molar-refractivity contribution < 1.29 is 75.1 Å². The van der Waals surface area contributed by atoms with Crippen LogP contribution in [0.25, 0.3) is 22.0 Å². The number of anilines is 1. The molecule has 72 heavy (non-hydrogen) atoms. The number of rotatable bonds is 17. The molecule has 2 aromatic carbocycles. The van der Waals surface area contributed by atoms with Crippen molar-refractivity contribution in [1.29, 1.82) is 0 Å². The number of hydrogen-bond donors (Lipinski definition) is 1. The van der Waals surface area contributed by atoms with E-state index in [1.807, 2.05) is 0 Å². The Morgan fingerprint density at radius 1 is 0.944 bits per heavy atom. The summed E-state index contributed by atoms with van der Waals surface area (Å²) in [6, 6.07) is 5.26. The maximum absolute atomic E-state index is 15.6. The molecule has 0 saturated heterocycles. The maximum atomic E-state index is 15.6. The second kappa shape index (κ2) is 20.1. The van der Waals surface area contributed by atoms with Crippen LogP contribution in [0.2, 0.25) is 5.02 Å². The number of halogens is 11. The number of nitrogens with one attached hydrogen (secondary N) is 1. The minimum atomic E-state index is -5.23. The van der Waals surface area contributed by atoms with Gasteiger partial charge in [-0.05, 0) is 83.5 Å². The SMILES string of the molecule is C[C@@H]1Cc2c(C(F)(F)F)nn(CC(=O)N[C@@H](Cc3cc(F)cc(F)c3)c3nc(CCC(C)(C)S(C)(=O)=O)ccc3-c3ccc(Cl)c4c(N(C(=O)OCCN(C)C)S(C)(=O)=O)nn(CC(F)(F)F)c34)c2C1(F)F. The zero-order valence-electron chi connectivity index (χ0n) is 39.3. The minimum absolute atomic E-state index is 0.00134. The summed E-state index contributed by atoms with van der Waals surface area (Å²) in [6.45, 7) is 0.278. The third-order valence-corrected chi connectivity index (χ3v) is 15.5. The molecule has 28 heteroatoms. The number of sulfonamides is 1. The molecule has 0 spiro atoms. The van der Waals surface area contributed by atoms with Gasteiger partial charge in [0, 0.05) is 47.2 Å². The molecule has 2 atom stereocenters. The number of likely N-dealkylation sites (N-methyl/N-ethyl adjacent to an activating group) is 1. The lowest BCUT2D eigenvalue weighted by atomic mass is 9.93. The van der Waals surface area contributed by atoms with Crippen molar-refractivity contribution in [3.05, 3.63) is 93.0 Å². The summed E-state index contributed by atoms with van der Waals surface area (Å²) >= 11 is 6.64. The maximum Gasteiger partial charge on any atom is 0.435 e. The summed E-state index contributed by atoms with van der Waals surface area (Å²) in [6.07, 6.45) is -12.1. The van der Waals surface area contributed by atoms with Crippen LogP contribution >= 0.6 is 11.6 Å². The normalized spacial score (nSPS) is 15.8. The van der Waals surface area contributed by atoms with E-state index >= 15 is 8.78 Å². The highest BCUT2D eigenvalue weighted by Gasteiger charge is 2.54. The third kappa shape index (κ3) is 12.1. The number of benzene rings is 2. The number of alkyl halides is 8. The number of sulfone groups is 1. The van der Waals surface area contributed by atoms with E-state index < -0.39 is 150 Å². The van der Waals surface area contributed by atoms with Crippen LogP contribution in [0.3, 0.4) is 0 Å². The molecule has 15 nitrogen and oxygen atoms in total. The van der Waals surface area contributed by atoms with E-state index in [4.69, 9.17) is 21.3 Å². The van der Waals surface area contributed by atoms with Gasteiger partial charge in [0.2, 0.25) is 15.9 Å². The van der Waals surface area contributed by atoms with E-state index in [2.05, 4.69) is 15.5 Å². The monoisotopic (exact) mass is 1090 g/mol.